The number of aromatic nitrogens is 1. The number of allylic oxidation sites excluding steroid dienone is 3. The fourth-order valence-electron chi connectivity index (χ4n) is 4.36. The molecule has 2 aromatic rings. The summed E-state index contributed by atoms with van der Waals surface area (Å²) >= 11 is 6.10. The standard InChI is InChI=1S/C24H24ClN3O2/c1-14-20(23(30)28-17-5-4-10-26-13-17)21(15-6-8-16(25)9-7-15)22-18(27-14)11-24(2,3)12-19(22)29/h4-10,13,21,27H,11-12H2,1-3H3,(H,28,30). The number of hydrogen-bond donors (Lipinski definition) is 2. The summed E-state index contributed by atoms with van der Waals surface area (Å²) in [5.41, 5.74) is 4.23. The van der Waals surface area contributed by atoms with Crippen molar-refractivity contribution in [3.63, 3.8) is 0 Å². The highest BCUT2D eigenvalue weighted by molar-refractivity contribution is 6.30. The second-order valence-electron chi connectivity index (χ2n) is 8.68. The van der Waals surface area contributed by atoms with E-state index in [-0.39, 0.29) is 17.1 Å². The number of rotatable bonds is 3. The first kappa shape index (κ1) is 20.4. The van der Waals surface area contributed by atoms with Crippen molar-refractivity contribution >= 4 is 29.0 Å². The van der Waals surface area contributed by atoms with Crippen LogP contribution in [-0.4, -0.2) is 16.7 Å². The summed E-state index contributed by atoms with van der Waals surface area (Å²) in [5, 5.41) is 6.90. The zero-order valence-corrected chi connectivity index (χ0v) is 18.0. The van der Waals surface area contributed by atoms with Gasteiger partial charge in [0.1, 0.15) is 0 Å². The lowest BCUT2D eigenvalue weighted by Crippen LogP contribution is -2.39. The monoisotopic (exact) mass is 421 g/mol. The van der Waals surface area contributed by atoms with Crippen LogP contribution in [0.5, 0.6) is 0 Å². The van der Waals surface area contributed by atoms with E-state index >= 15 is 0 Å². The maximum atomic E-state index is 13.3. The Hall–Kier alpha value is -2.92. The van der Waals surface area contributed by atoms with E-state index < -0.39 is 5.92 Å². The number of dihydropyridines is 1. The molecule has 5 nitrogen and oxygen atoms in total. The van der Waals surface area contributed by atoms with Crippen LogP contribution in [-0.2, 0) is 9.59 Å². The van der Waals surface area contributed by atoms with E-state index in [4.69, 9.17) is 11.6 Å². The summed E-state index contributed by atoms with van der Waals surface area (Å²) in [4.78, 5) is 30.6. The molecule has 1 unspecified atom stereocenters. The Kier molecular flexibility index (Phi) is 5.24. The molecule has 0 fully saturated rings. The molecule has 30 heavy (non-hydrogen) atoms. The number of halogens is 1. The van der Waals surface area contributed by atoms with E-state index in [1.54, 1.807) is 36.7 Å². The highest BCUT2D eigenvalue weighted by Crippen LogP contribution is 2.46. The summed E-state index contributed by atoms with van der Waals surface area (Å²) in [6, 6.07) is 10.9. The number of amides is 1. The molecule has 2 heterocycles. The molecule has 1 aliphatic heterocycles. The van der Waals surface area contributed by atoms with Crippen molar-refractivity contribution < 1.29 is 9.59 Å². The molecule has 1 atom stereocenters. The number of Topliss-reactive ketones (excluding diaryl/α,β-unsaturated/α-hetero) is 1. The Bertz CT molecular complexity index is 1070. The van der Waals surface area contributed by atoms with Crippen LogP contribution in [0.1, 0.15) is 45.1 Å². The summed E-state index contributed by atoms with van der Waals surface area (Å²) in [7, 11) is 0. The third-order valence-corrected chi connectivity index (χ3v) is 5.86. The van der Waals surface area contributed by atoms with Gasteiger partial charge in [0.05, 0.1) is 11.9 Å². The highest BCUT2D eigenvalue weighted by Gasteiger charge is 2.42. The largest absolute Gasteiger partial charge is 0.362 e. The van der Waals surface area contributed by atoms with E-state index in [0.717, 1.165) is 23.4 Å². The number of nitrogens with zero attached hydrogens (tertiary/aromatic N) is 1. The molecule has 1 aromatic carbocycles. The predicted molar refractivity (Wildman–Crippen MR) is 118 cm³/mol. The number of ketones is 1. The normalized spacial score (nSPS) is 20.5. The highest BCUT2D eigenvalue weighted by atomic mass is 35.5. The summed E-state index contributed by atoms with van der Waals surface area (Å²) in [6.45, 7) is 6.08. The average molecular weight is 422 g/mol. The van der Waals surface area contributed by atoms with Crippen molar-refractivity contribution in [3.05, 3.63) is 81.9 Å². The van der Waals surface area contributed by atoms with E-state index in [0.29, 0.717) is 28.3 Å². The molecule has 154 valence electrons. The van der Waals surface area contributed by atoms with Crippen molar-refractivity contribution in [2.75, 3.05) is 5.32 Å². The third-order valence-electron chi connectivity index (χ3n) is 5.61. The minimum atomic E-state index is -0.446. The molecule has 0 saturated carbocycles. The Labute approximate surface area is 181 Å². The molecule has 0 radical (unpaired) electrons. The number of carbonyl (C=O) groups is 2. The van der Waals surface area contributed by atoms with Crippen LogP contribution < -0.4 is 10.6 Å². The quantitative estimate of drug-likeness (QED) is 0.733. The van der Waals surface area contributed by atoms with Crippen LogP contribution in [0.15, 0.2) is 71.3 Å². The third kappa shape index (κ3) is 3.90. The number of hydrogen-bond acceptors (Lipinski definition) is 4. The SMILES string of the molecule is CC1=C(C(=O)Nc2cccnc2)C(c2ccc(Cl)cc2)C2=C(CC(C)(C)CC2=O)N1. The Morgan fingerprint density at radius 1 is 1.20 bits per heavy atom. The topological polar surface area (TPSA) is 71.1 Å². The lowest BCUT2D eigenvalue weighted by Gasteiger charge is -2.39. The van der Waals surface area contributed by atoms with Gasteiger partial charge in [-0.15, -0.1) is 0 Å². The van der Waals surface area contributed by atoms with Gasteiger partial charge < -0.3 is 10.6 Å². The van der Waals surface area contributed by atoms with Crippen molar-refractivity contribution in [2.24, 2.45) is 5.41 Å². The lowest BCUT2D eigenvalue weighted by molar-refractivity contribution is -0.118. The van der Waals surface area contributed by atoms with Crippen LogP contribution in [0.25, 0.3) is 0 Å². The van der Waals surface area contributed by atoms with Crippen LogP contribution >= 0.6 is 11.6 Å². The van der Waals surface area contributed by atoms with Gasteiger partial charge in [0, 0.05) is 46.1 Å². The summed E-state index contributed by atoms with van der Waals surface area (Å²) in [6.07, 6.45) is 4.46. The van der Waals surface area contributed by atoms with Crippen LogP contribution in [0, 0.1) is 5.41 Å². The maximum Gasteiger partial charge on any atom is 0.254 e. The van der Waals surface area contributed by atoms with Gasteiger partial charge in [0.15, 0.2) is 5.78 Å². The molecule has 2 aliphatic rings. The second kappa shape index (κ2) is 7.73. The van der Waals surface area contributed by atoms with Gasteiger partial charge in [-0.1, -0.05) is 37.6 Å². The molecule has 1 aromatic heterocycles. The van der Waals surface area contributed by atoms with Crippen LogP contribution in [0.2, 0.25) is 5.02 Å². The molecule has 2 N–H and O–H groups in total. The van der Waals surface area contributed by atoms with Gasteiger partial charge in [-0.05, 0) is 48.6 Å². The molecule has 0 saturated heterocycles. The Morgan fingerprint density at radius 3 is 2.60 bits per heavy atom. The molecule has 0 spiro atoms. The molecular weight excluding hydrogens is 398 g/mol. The summed E-state index contributed by atoms with van der Waals surface area (Å²) in [5.74, 6) is -0.621. The lowest BCUT2D eigenvalue weighted by atomic mass is 9.68. The smallest absolute Gasteiger partial charge is 0.254 e. The van der Waals surface area contributed by atoms with Crippen molar-refractivity contribution in [2.45, 2.75) is 39.5 Å². The van der Waals surface area contributed by atoms with Gasteiger partial charge in [0.25, 0.3) is 5.91 Å². The Morgan fingerprint density at radius 2 is 1.93 bits per heavy atom. The van der Waals surface area contributed by atoms with Crippen LogP contribution in [0.3, 0.4) is 0 Å². The number of carbonyl (C=O) groups excluding carboxylic acids is 2. The van der Waals surface area contributed by atoms with Crippen LogP contribution in [0.4, 0.5) is 5.69 Å². The van der Waals surface area contributed by atoms with E-state index in [9.17, 15) is 9.59 Å². The van der Waals surface area contributed by atoms with E-state index in [1.807, 2.05) is 19.1 Å². The minimum Gasteiger partial charge on any atom is -0.362 e. The fraction of sp³-hybridized carbons (Fsp3) is 0.292. The molecular formula is C24H24ClN3O2. The van der Waals surface area contributed by atoms with Crippen molar-refractivity contribution in [3.8, 4) is 0 Å². The second-order valence-corrected chi connectivity index (χ2v) is 9.11. The maximum absolute atomic E-state index is 13.3. The Balaban J connectivity index is 1.81. The summed E-state index contributed by atoms with van der Waals surface area (Å²) < 4.78 is 0. The number of pyridine rings is 1. The average Bonchev–Trinajstić information content (AvgIpc) is 2.67. The molecule has 4 rings (SSSR count). The van der Waals surface area contributed by atoms with Gasteiger partial charge in [-0.2, -0.15) is 0 Å². The molecule has 6 heteroatoms. The van der Waals surface area contributed by atoms with Gasteiger partial charge in [-0.25, -0.2) is 0 Å². The van der Waals surface area contributed by atoms with Gasteiger partial charge in [0.2, 0.25) is 0 Å². The van der Waals surface area contributed by atoms with Crippen molar-refractivity contribution in [1.29, 1.82) is 0 Å². The zero-order chi connectivity index (χ0) is 21.5. The fourth-order valence-corrected chi connectivity index (χ4v) is 4.49. The van der Waals surface area contributed by atoms with Gasteiger partial charge >= 0.3 is 0 Å². The number of anilines is 1. The first-order valence-corrected chi connectivity index (χ1v) is 10.3. The van der Waals surface area contributed by atoms with Crippen molar-refractivity contribution in [1.82, 2.24) is 10.3 Å². The minimum absolute atomic E-state index is 0.0767. The molecule has 1 aliphatic carbocycles. The number of benzene rings is 1. The van der Waals surface area contributed by atoms with E-state index in [2.05, 4.69) is 29.5 Å². The first-order chi connectivity index (χ1) is 14.2. The van der Waals surface area contributed by atoms with E-state index in [1.165, 1.54) is 0 Å². The molecule has 1 amide bonds. The van der Waals surface area contributed by atoms with Gasteiger partial charge in [-0.3, -0.25) is 14.6 Å². The first-order valence-electron chi connectivity index (χ1n) is 9.96. The predicted octanol–water partition coefficient (Wildman–Crippen LogP) is 4.98. The number of nitrogens with one attached hydrogen (secondary N) is 2. The zero-order valence-electron chi connectivity index (χ0n) is 17.3. The molecule has 0 bridgehead atoms.